The number of carbonyl (C=O) groups excluding carboxylic acids is 2. The van der Waals surface area contributed by atoms with Crippen LogP contribution >= 0.6 is 0 Å². The van der Waals surface area contributed by atoms with Crippen LogP contribution in [0.4, 0.5) is 8.78 Å². The largest absolute Gasteiger partial charge is 0.491 e. The van der Waals surface area contributed by atoms with E-state index in [0.717, 1.165) is 0 Å². The van der Waals surface area contributed by atoms with E-state index in [1.807, 2.05) is 13.8 Å². The Bertz CT molecular complexity index is 887. The zero-order chi connectivity index (χ0) is 22.3. The average Bonchev–Trinajstić information content (AvgIpc) is 2.72. The zero-order valence-electron chi connectivity index (χ0n) is 17.7. The van der Waals surface area contributed by atoms with Gasteiger partial charge in [0.15, 0.2) is 12.6 Å². The van der Waals surface area contributed by atoms with Gasteiger partial charge < -0.3 is 15.4 Å². The van der Waals surface area contributed by atoms with Crippen LogP contribution in [0.15, 0.2) is 42.5 Å². The van der Waals surface area contributed by atoms with Crippen molar-refractivity contribution in [2.45, 2.75) is 59.2 Å². The van der Waals surface area contributed by atoms with E-state index in [0.29, 0.717) is 16.9 Å². The predicted molar refractivity (Wildman–Crippen MR) is 113 cm³/mol. The van der Waals surface area contributed by atoms with Crippen LogP contribution in [-0.4, -0.2) is 30.5 Å². The molecule has 2 aromatic rings. The Kier molecular flexibility index (Phi) is 8.33. The van der Waals surface area contributed by atoms with Crippen molar-refractivity contribution in [3.8, 4) is 16.9 Å². The lowest BCUT2D eigenvalue weighted by Crippen LogP contribution is -2.33. The van der Waals surface area contributed by atoms with Crippen molar-refractivity contribution in [2.75, 3.05) is 0 Å². The highest BCUT2D eigenvalue weighted by molar-refractivity contribution is 6.04. The summed E-state index contributed by atoms with van der Waals surface area (Å²) in [5, 5.41) is 4.50. The molecule has 0 aliphatic rings. The molecule has 0 fully saturated rings. The van der Waals surface area contributed by atoms with Crippen LogP contribution in [0.1, 0.15) is 61.3 Å². The summed E-state index contributed by atoms with van der Waals surface area (Å²) in [4.78, 5) is 25.0. The number of benzene rings is 2. The Morgan fingerprint density at radius 3 is 2.17 bits per heavy atom. The average molecular weight is 418 g/mol. The minimum atomic E-state index is -1.52. The lowest BCUT2D eigenvalue weighted by atomic mass is 9.96. The Balaban J connectivity index is 2.48. The molecule has 2 N–H and O–H groups in total. The van der Waals surface area contributed by atoms with Crippen molar-refractivity contribution >= 4 is 11.8 Å². The normalized spacial score (nSPS) is 12.9. The van der Waals surface area contributed by atoms with Crippen LogP contribution < -0.4 is 15.4 Å². The lowest BCUT2D eigenvalue weighted by Gasteiger charge is -2.16. The van der Waals surface area contributed by atoms with Crippen LogP contribution in [0.25, 0.3) is 11.1 Å². The number of carbonyl (C=O) groups is 2. The standard InChI is InChI=1S/C23H28F2N2O3/c1-5-20(24)26-22(28)16-10-11-18(19(13-16)23(29)27-21(25)6-2)15-8-7-9-17(12-15)30-14(3)4/h7-14,20-21H,5-6H2,1-4H3,(H,26,28)(H,27,29). The first-order valence-electron chi connectivity index (χ1n) is 10.1. The third-order valence-corrected chi connectivity index (χ3v) is 4.34. The molecule has 0 spiro atoms. The molecule has 0 saturated carbocycles. The highest BCUT2D eigenvalue weighted by atomic mass is 19.1. The molecule has 0 radical (unpaired) electrons. The molecule has 7 heteroatoms. The smallest absolute Gasteiger partial charge is 0.254 e. The van der Waals surface area contributed by atoms with Crippen molar-refractivity contribution < 1.29 is 23.1 Å². The first-order chi connectivity index (χ1) is 14.2. The van der Waals surface area contributed by atoms with E-state index in [4.69, 9.17) is 4.74 Å². The molecule has 2 unspecified atom stereocenters. The number of halogens is 2. The van der Waals surface area contributed by atoms with Crippen LogP contribution in [0.2, 0.25) is 0 Å². The maximum absolute atomic E-state index is 13.8. The second-order valence-corrected chi connectivity index (χ2v) is 7.15. The van der Waals surface area contributed by atoms with E-state index >= 15 is 0 Å². The summed E-state index contributed by atoms with van der Waals surface area (Å²) < 4.78 is 33.1. The summed E-state index contributed by atoms with van der Waals surface area (Å²) in [7, 11) is 0. The van der Waals surface area contributed by atoms with Gasteiger partial charge in [0, 0.05) is 11.1 Å². The number of alkyl halides is 2. The molecule has 0 aliphatic carbocycles. The van der Waals surface area contributed by atoms with Gasteiger partial charge in [0.05, 0.1) is 6.10 Å². The lowest BCUT2D eigenvalue weighted by molar-refractivity contribution is 0.0890. The predicted octanol–water partition coefficient (Wildman–Crippen LogP) is 5.01. The number of ether oxygens (including phenoxy) is 1. The molecule has 2 aromatic carbocycles. The summed E-state index contributed by atoms with van der Waals surface area (Å²) >= 11 is 0. The SMILES string of the molecule is CCC(F)NC(=O)c1ccc(-c2cccc(OC(C)C)c2)c(C(=O)NC(F)CC)c1. The summed E-state index contributed by atoms with van der Waals surface area (Å²) in [6, 6.07) is 11.6. The highest BCUT2D eigenvalue weighted by Gasteiger charge is 2.20. The van der Waals surface area contributed by atoms with E-state index in [-0.39, 0.29) is 30.1 Å². The van der Waals surface area contributed by atoms with E-state index < -0.39 is 24.4 Å². The van der Waals surface area contributed by atoms with Gasteiger partial charge in [-0.2, -0.15) is 0 Å². The van der Waals surface area contributed by atoms with Gasteiger partial charge in [0.1, 0.15) is 5.75 Å². The Labute approximate surface area is 175 Å². The molecule has 5 nitrogen and oxygen atoms in total. The first kappa shape index (κ1) is 23.3. The topological polar surface area (TPSA) is 67.4 Å². The minimum Gasteiger partial charge on any atom is -0.491 e. The van der Waals surface area contributed by atoms with Gasteiger partial charge in [-0.3, -0.25) is 9.59 Å². The molecule has 30 heavy (non-hydrogen) atoms. The summed E-state index contributed by atoms with van der Waals surface area (Å²) in [6.07, 6.45) is -2.81. The molecule has 2 atom stereocenters. The molecule has 2 rings (SSSR count). The second kappa shape index (κ2) is 10.7. The molecule has 0 heterocycles. The third kappa shape index (κ3) is 6.27. The summed E-state index contributed by atoms with van der Waals surface area (Å²) in [5.41, 5.74) is 1.41. The van der Waals surface area contributed by atoms with Gasteiger partial charge in [0.2, 0.25) is 0 Å². The van der Waals surface area contributed by atoms with Crippen LogP contribution in [0.3, 0.4) is 0 Å². The van der Waals surface area contributed by atoms with Crippen LogP contribution in [0.5, 0.6) is 5.75 Å². The van der Waals surface area contributed by atoms with Gasteiger partial charge in [-0.15, -0.1) is 0 Å². The number of hydrogen-bond acceptors (Lipinski definition) is 3. The monoisotopic (exact) mass is 418 g/mol. The number of nitrogens with one attached hydrogen (secondary N) is 2. The summed E-state index contributed by atoms with van der Waals surface area (Å²) in [6.45, 7) is 7.01. The maximum Gasteiger partial charge on any atom is 0.254 e. The van der Waals surface area contributed by atoms with Gasteiger partial charge in [-0.05, 0) is 62.1 Å². The molecule has 162 valence electrons. The first-order valence-corrected chi connectivity index (χ1v) is 10.1. The minimum absolute atomic E-state index is 0.0295. The number of amides is 2. The van der Waals surface area contributed by atoms with Gasteiger partial charge in [-0.1, -0.05) is 32.0 Å². The fourth-order valence-electron chi connectivity index (χ4n) is 2.78. The molecule has 0 bridgehead atoms. The van der Waals surface area contributed by atoms with E-state index in [9.17, 15) is 18.4 Å². The van der Waals surface area contributed by atoms with Crippen molar-refractivity contribution in [3.63, 3.8) is 0 Å². The zero-order valence-corrected chi connectivity index (χ0v) is 17.7. The van der Waals surface area contributed by atoms with E-state index in [1.165, 1.54) is 12.1 Å². The molecular weight excluding hydrogens is 390 g/mol. The molecule has 0 saturated heterocycles. The van der Waals surface area contributed by atoms with Crippen molar-refractivity contribution in [3.05, 3.63) is 53.6 Å². The molecule has 0 aliphatic heterocycles. The van der Waals surface area contributed by atoms with Gasteiger partial charge in [0.25, 0.3) is 11.8 Å². The van der Waals surface area contributed by atoms with Crippen LogP contribution in [-0.2, 0) is 0 Å². The molecular formula is C23H28F2N2O3. The fraction of sp³-hybridized carbons (Fsp3) is 0.391. The highest BCUT2D eigenvalue weighted by Crippen LogP contribution is 2.29. The van der Waals surface area contributed by atoms with Crippen molar-refractivity contribution in [1.82, 2.24) is 10.6 Å². The Morgan fingerprint density at radius 2 is 1.57 bits per heavy atom. The Morgan fingerprint density at radius 1 is 0.933 bits per heavy atom. The number of hydrogen-bond donors (Lipinski definition) is 2. The third-order valence-electron chi connectivity index (χ3n) is 4.34. The van der Waals surface area contributed by atoms with E-state index in [2.05, 4.69) is 10.6 Å². The van der Waals surface area contributed by atoms with Gasteiger partial charge >= 0.3 is 0 Å². The summed E-state index contributed by atoms with van der Waals surface area (Å²) in [5.74, 6) is -0.679. The fourth-order valence-corrected chi connectivity index (χ4v) is 2.78. The Hall–Kier alpha value is -2.96. The number of rotatable bonds is 9. The second-order valence-electron chi connectivity index (χ2n) is 7.15. The molecule has 0 aromatic heterocycles. The van der Waals surface area contributed by atoms with Crippen molar-refractivity contribution in [1.29, 1.82) is 0 Å². The van der Waals surface area contributed by atoms with Crippen LogP contribution in [0, 0.1) is 0 Å². The maximum atomic E-state index is 13.8. The molecule has 2 amide bonds. The quantitative estimate of drug-likeness (QED) is 0.563. The van der Waals surface area contributed by atoms with E-state index in [1.54, 1.807) is 44.2 Å². The van der Waals surface area contributed by atoms with Gasteiger partial charge in [-0.25, -0.2) is 8.78 Å². The van der Waals surface area contributed by atoms with Crippen molar-refractivity contribution in [2.24, 2.45) is 0 Å².